The Labute approximate surface area is 146 Å². The zero-order valence-corrected chi connectivity index (χ0v) is 14.4. The molecule has 0 unspecified atom stereocenters. The average molecular weight is 346 g/mol. The van der Waals surface area contributed by atoms with Crippen molar-refractivity contribution in [1.29, 1.82) is 0 Å². The predicted molar refractivity (Wildman–Crippen MR) is 93.1 cm³/mol. The molecule has 1 fully saturated rings. The molecule has 2 aromatic rings. The molecule has 0 radical (unpaired) electrons. The Hall–Kier alpha value is -2.90. The van der Waals surface area contributed by atoms with Gasteiger partial charge in [-0.1, -0.05) is 6.07 Å². The van der Waals surface area contributed by atoms with E-state index in [0.717, 1.165) is 30.3 Å². The lowest BCUT2D eigenvalue weighted by Gasteiger charge is -2.17. The number of hydrogen-bond acceptors (Lipinski definition) is 7. The second-order valence-electron chi connectivity index (χ2n) is 5.19. The number of methoxy groups -OCH3 is 1. The van der Waals surface area contributed by atoms with Gasteiger partial charge in [-0.2, -0.15) is 9.97 Å². The number of carboxylic acid groups (broad SMARTS) is 1. The number of rotatable bonds is 5. The van der Waals surface area contributed by atoms with Crippen molar-refractivity contribution in [2.45, 2.75) is 19.8 Å². The van der Waals surface area contributed by atoms with Crippen LogP contribution in [0.2, 0.25) is 0 Å². The summed E-state index contributed by atoms with van der Waals surface area (Å²) in [6.45, 7) is 4.31. The molecule has 3 rings (SSSR count). The minimum atomic E-state index is -0.250. The molecule has 1 N–H and O–H groups in total. The third-order valence-corrected chi connectivity index (χ3v) is 3.58. The molecule has 0 aromatic carbocycles. The zero-order valence-electron chi connectivity index (χ0n) is 14.4. The molecule has 1 aliphatic rings. The maximum absolute atomic E-state index is 8.36. The van der Waals surface area contributed by atoms with Crippen molar-refractivity contribution in [3.8, 4) is 23.3 Å². The van der Waals surface area contributed by atoms with E-state index in [2.05, 4.69) is 19.9 Å². The number of aromatic nitrogens is 3. The molecule has 8 heteroatoms. The normalized spacial score (nSPS) is 13.0. The van der Waals surface area contributed by atoms with Crippen LogP contribution in [0.5, 0.6) is 11.9 Å². The van der Waals surface area contributed by atoms with Crippen LogP contribution in [-0.2, 0) is 4.79 Å². The van der Waals surface area contributed by atoms with Gasteiger partial charge in [-0.25, -0.2) is 4.98 Å². The fraction of sp³-hybridized carbons (Fsp3) is 0.412. The Morgan fingerprint density at radius 3 is 2.56 bits per heavy atom. The summed E-state index contributed by atoms with van der Waals surface area (Å²) in [5.74, 6) is 1.49. The number of ether oxygens (including phenoxy) is 2. The van der Waals surface area contributed by atoms with Gasteiger partial charge in [0.1, 0.15) is 5.82 Å². The summed E-state index contributed by atoms with van der Waals surface area (Å²) in [7, 11) is 1.58. The van der Waals surface area contributed by atoms with Gasteiger partial charge in [0.25, 0.3) is 6.47 Å². The predicted octanol–water partition coefficient (Wildman–Crippen LogP) is 2.25. The molecular weight excluding hydrogens is 324 g/mol. The lowest BCUT2D eigenvalue weighted by molar-refractivity contribution is -0.122. The van der Waals surface area contributed by atoms with Crippen LogP contribution in [-0.4, -0.2) is 53.3 Å². The van der Waals surface area contributed by atoms with E-state index in [9.17, 15) is 0 Å². The molecule has 3 heterocycles. The minimum absolute atomic E-state index is 0.250. The minimum Gasteiger partial charge on any atom is -0.483 e. The summed E-state index contributed by atoms with van der Waals surface area (Å²) < 4.78 is 10.7. The van der Waals surface area contributed by atoms with Gasteiger partial charge in [-0.3, -0.25) is 4.79 Å². The van der Waals surface area contributed by atoms with E-state index in [-0.39, 0.29) is 6.47 Å². The molecule has 0 spiro atoms. The molecule has 2 aromatic heterocycles. The maximum Gasteiger partial charge on any atom is 0.318 e. The second-order valence-corrected chi connectivity index (χ2v) is 5.19. The van der Waals surface area contributed by atoms with Crippen molar-refractivity contribution < 1.29 is 19.4 Å². The van der Waals surface area contributed by atoms with E-state index < -0.39 is 0 Å². The Kier molecular flexibility index (Phi) is 6.94. The van der Waals surface area contributed by atoms with Gasteiger partial charge in [0.05, 0.1) is 25.1 Å². The Balaban J connectivity index is 0.000000701. The van der Waals surface area contributed by atoms with Crippen molar-refractivity contribution in [2.24, 2.45) is 0 Å². The number of hydrogen-bond donors (Lipinski definition) is 1. The lowest BCUT2D eigenvalue weighted by Crippen LogP contribution is -2.19. The standard InChI is InChI=1S/C16H20N4O2.CH2O2/c1-3-22-15-8-6-7-12(17-15)13-11-14(19-16(18-13)21-2)20-9-4-5-10-20;2-1-3/h6-8,11H,3-5,9-10H2,1-2H3;1H,(H,2,3). The molecule has 0 aliphatic carbocycles. The number of carbonyl (C=O) groups is 1. The van der Waals surface area contributed by atoms with E-state index in [0.29, 0.717) is 18.5 Å². The highest BCUT2D eigenvalue weighted by atomic mass is 16.5. The maximum atomic E-state index is 8.36. The monoisotopic (exact) mass is 346 g/mol. The number of nitrogens with zero attached hydrogens (tertiary/aromatic N) is 4. The van der Waals surface area contributed by atoms with E-state index >= 15 is 0 Å². The van der Waals surface area contributed by atoms with Crippen molar-refractivity contribution in [1.82, 2.24) is 15.0 Å². The highest BCUT2D eigenvalue weighted by Crippen LogP contribution is 2.26. The van der Waals surface area contributed by atoms with Crippen LogP contribution in [0.15, 0.2) is 24.3 Å². The Morgan fingerprint density at radius 1 is 1.20 bits per heavy atom. The first-order valence-corrected chi connectivity index (χ1v) is 8.08. The SMILES string of the molecule is CCOc1cccc(-c2cc(N3CCCC3)nc(OC)n2)n1.O=CO. The molecule has 8 nitrogen and oxygen atoms in total. The van der Waals surface area contributed by atoms with Crippen LogP contribution in [0.3, 0.4) is 0 Å². The molecule has 0 bridgehead atoms. The fourth-order valence-electron chi connectivity index (χ4n) is 2.53. The third-order valence-electron chi connectivity index (χ3n) is 3.58. The molecule has 134 valence electrons. The number of anilines is 1. The van der Waals surface area contributed by atoms with Crippen LogP contribution < -0.4 is 14.4 Å². The van der Waals surface area contributed by atoms with E-state index in [1.165, 1.54) is 12.8 Å². The largest absolute Gasteiger partial charge is 0.483 e. The van der Waals surface area contributed by atoms with Crippen LogP contribution in [0, 0.1) is 0 Å². The van der Waals surface area contributed by atoms with Crippen molar-refractivity contribution >= 4 is 12.3 Å². The molecule has 0 atom stereocenters. The van der Waals surface area contributed by atoms with Crippen molar-refractivity contribution in [3.63, 3.8) is 0 Å². The first kappa shape index (κ1) is 18.4. The molecule has 0 amide bonds. The van der Waals surface area contributed by atoms with Crippen LogP contribution in [0.1, 0.15) is 19.8 Å². The van der Waals surface area contributed by atoms with Crippen LogP contribution in [0.25, 0.3) is 11.4 Å². The first-order valence-electron chi connectivity index (χ1n) is 8.08. The average Bonchev–Trinajstić information content (AvgIpc) is 3.17. The zero-order chi connectivity index (χ0) is 18.1. The molecule has 25 heavy (non-hydrogen) atoms. The lowest BCUT2D eigenvalue weighted by atomic mass is 10.2. The van der Waals surface area contributed by atoms with Gasteiger partial charge >= 0.3 is 6.01 Å². The van der Waals surface area contributed by atoms with Gasteiger partial charge in [-0.15, -0.1) is 0 Å². The third kappa shape index (κ3) is 5.03. The quantitative estimate of drug-likeness (QED) is 0.823. The summed E-state index contributed by atoms with van der Waals surface area (Å²) in [6, 6.07) is 8.00. The summed E-state index contributed by atoms with van der Waals surface area (Å²) >= 11 is 0. The van der Waals surface area contributed by atoms with Gasteiger partial charge in [-0.05, 0) is 25.8 Å². The van der Waals surface area contributed by atoms with Gasteiger partial charge in [0, 0.05) is 25.2 Å². The second kappa shape index (κ2) is 9.41. The molecule has 0 saturated carbocycles. The molecule has 1 aliphatic heterocycles. The van der Waals surface area contributed by atoms with E-state index in [4.69, 9.17) is 19.4 Å². The summed E-state index contributed by atoms with van der Waals surface area (Å²) in [6.07, 6.45) is 2.39. The number of pyridine rings is 1. The molecular formula is C17H22N4O4. The summed E-state index contributed by atoms with van der Waals surface area (Å²) in [4.78, 5) is 24.0. The Morgan fingerprint density at radius 2 is 1.92 bits per heavy atom. The molecule has 1 saturated heterocycles. The fourth-order valence-corrected chi connectivity index (χ4v) is 2.53. The topological polar surface area (TPSA) is 97.7 Å². The van der Waals surface area contributed by atoms with Crippen molar-refractivity contribution in [2.75, 3.05) is 31.7 Å². The highest BCUT2D eigenvalue weighted by Gasteiger charge is 2.17. The van der Waals surface area contributed by atoms with Gasteiger partial charge in [0.15, 0.2) is 0 Å². The van der Waals surface area contributed by atoms with Crippen LogP contribution in [0.4, 0.5) is 5.82 Å². The summed E-state index contributed by atoms with van der Waals surface area (Å²) in [5.41, 5.74) is 1.50. The summed E-state index contributed by atoms with van der Waals surface area (Å²) in [5, 5.41) is 6.89. The van der Waals surface area contributed by atoms with Gasteiger partial charge in [0.2, 0.25) is 5.88 Å². The highest BCUT2D eigenvalue weighted by molar-refractivity contribution is 5.60. The first-order chi connectivity index (χ1) is 12.2. The van der Waals surface area contributed by atoms with Crippen LogP contribution >= 0.6 is 0 Å². The van der Waals surface area contributed by atoms with E-state index in [1.807, 2.05) is 31.2 Å². The van der Waals surface area contributed by atoms with Gasteiger partial charge < -0.3 is 19.5 Å². The van der Waals surface area contributed by atoms with E-state index in [1.54, 1.807) is 7.11 Å². The smallest absolute Gasteiger partial charge is 0.318 e. The Bertz CT molecular complexity index is 690. The van der Waals surface area contributed by atoms with Crippen molar-refractivity contribution in [3.05, 3.63) is 24.3 Å².